The summed E-state index contributed by atoms with van der Waals surface area (Å²) in [6.07, 6.45) is 3.55. The molecule has 1 atom stereocenters. The van der Waals surface area contributed by atoms with Crippen molar-refractivity contribution >= 4 is 11.9 Å². The summed E-state index contributed by atoms with van der Waals surface area (Å²) in [7, 11) is 3.09. The van der Waals surface area contributed by atoms with Gasteiger partial charge in [-0.3, -0.25) is 4.57 Å². The molecule has 0 N–H and O–H groups in total. The minimum atomic E-state index is -0.741. The van der Waals surface area contributed by atoms with Crippen LogP contribution in [0.1, 0.15) is 25.3 Å². The number of carbonyl (C=O) groups excluding carboxylic acids is 1. The van der Waals surface area contributed by atoms with Crippen molar-refractivity contribution in [2.75, 3.05) is 20.8 Å². The third-order valence-electron chi connectivity index (χ3n) is 4.64. The van der Waals surface area contributed by atoms with Gasteiger partial charge >= 0.3 is 5.97 Å². The normalized spacial score (nSPS) is 16.2. The van der Waals surface area contributed by atoms with E-state index in [2.05, 4.69) is 6.07 Å². The first kappa shape index (κ1) is 20.1. The fourth-order valence-corrected chi connectivity index (χ4v) is 3.35. The van der Waals surface area contributed by atoms with Crippen LogP contribution in [0.2, 0.25) is 0 Å². The van der Waals surface area contributed by atoms with Crippen LogP contribution in [0.4, 0.5) is 0 Å². The molecule has 0 aliphatic carbocycles. The summed E-state index contributed by atoms with van der Waals surface area (Å²) in [6, 6.07) is 11.1. The van der Waals surface area contributed by atoms with Gasteiger partial charge in [0.2, 0.25) is 5.88 Å². The number of hydrogen-bond donors (Lipinski definition) is 0. The highest BCUT2D eigenvalue weighted by molar-refractivity contribution is 5.94. The number of ether oxygens (including phenoxy) is 4. The molecule has 1 aromatic heterocycles. The summed E-state index contributed by atoms with van der Waals surface area (Å²) in [5.41, 5.74) is 1.13. The summed E-state index contributed by atoms with van der Waals surface area (Å²) in [5.74, 6) is 0.508. The molecule has 1 aromatic carbocycles. The molecule has 29 heavy (non-hydrogen) atoms. The molecule has 0 amide bonds. The molecule has 0 saturated carbocycles. The first-order valence-corrected chi connectivity index (χ1v) is 9.10. The van der Waals surface area contributed by atoms with E-state index in [1.54, 1.807) is 56.1 Å². The lowest BCUT2D eigenvalue weighted by Crippen LogP contribution is -2.24. The molecule has 1 aliphatic heterocycles. The second kappa shape index (κ2) is 8.57. The summed E-state index contributed by atoms with van der Waals surface area (Å²) < 4.78 is 23.8. The zero-order chi connectivity index (χ0) is 21.0. The van der Waals surface area contributed by atoms with E-state index in [1.807, 2.05) is 12.1 Å². The average molecular weight is 394 g/mol. The highest BCUT2D eigenvalue weighted by Crippen LogP contribution is 2.45. The van der Waals surface area contributed by atoms with Crippen LogP contribution >= 0.6 is 0 Å². The zero-order valence-corrected chi connectivity index (χ0v) is 16.8. The lowest BCUT2D eigenvalue weighted by Gasteiger charge is -2.29. The van der Waals surface area contributed by atoms with E-state index in [1.165, 1.54) is 7.11 Å². The van der Waals surface area contributed by atoms with Crippen molar-refractivity contribution in [2.24, 2.45) is 0 Å². The minimum Gasteiger partial charge on any atom is -0.497 e. The Morgan fingerprint density at radius 1 is 1.24 bits per heavy atom. The quantitative estimate of drug-likeness (QED) is 0.692. The Balaban J connectivity index is 2.30. The second-order valence-electron chi connectivity index (χ2n) is 6.25. The molecule has 7 nitrogen and oxygen atoms in total. The van der Waals surface area contributed by atoms with Gasteiger partial charge in [0.15, 0.2) is 0 Å². The Labute approximate surface area is 169 Å². The maximum atomic E-state index is 12.8. The van der Waals surface area contributed by atoms with Gasteiger partial charge in [-0.05, 0) is 44.2 Å². The molecular weight excluding hydrogens is 372 g/mol. The van der Waals surface area contributed by atoms with E-state index in [4.69, 9.17) is 18.9 Å². The third-order valence-corrected chi connectivity index (χ3v) is 4.64. The number of nitrogens with zero attached hydrogens (tertiary/aromatic N) is 2. The number of rotatable bonds is 6. The molecule has 0 unspecified atom stereocenters. The smallest absolute Gasteiger partial charge is 0.338 e. The van der Waals surface area contributed by atoms with Gasteiger partial charge in [0.25, 0.3) is 0 Å². The van der Waals surface area contributed by atoms with E-state index >= 15 is 0 Å². The largest absolute Gasteiger partial charge is 0.497 e. The molecule has 0 saturated heterocycles. The Morgan fingerprint density at radius 3 is 2.55 bits per heavy atom. The van der Waals surface area contributed by atoms with E-state index in [0.29, 0.717) is 28.7 Å². The summed E-state index contributed by atoms with van der Waals surface area (Å²) >= 11 is 0. The van der Waals surface area contributed by atoms with Crippen LogP contribution < -0.4 is 9.47 Å². The molecule has 7 heteroatoms. The molecule has 3 rings (SSSR count). The van der Waals surface area contributed by atoms with Crippen molar-refractivity contribution in [3.63, 3.8) is 0 Å². The van der Waals surface area contributed by atoms with Gasteiger partial charge in [-0.25, -0.2) is 4.79 Å². The first-order chi connectivity index (χ1) is 14.0. The van der Waals surface area contributed by atoms with Gasteiger partial charge in [-0.1, -0.05) is 0 Å². The topological polar surface area (TPSA) is 82.7 Å². The van der Waals surface area contributed by atoms with Crippen molar-refractivity contribution < 1.29 is 23.7 Å². The fourth-order valence-electron chi connectivity index (χ4n) is 3.35. The van der Waals surface area contributed by atoms with E-state index in [-0.39, 0.29) is 17.8 Å². The van der Waals surface area contributed by atoms with Gasteiger partial charge in [-0.15, -0.1) is 0 Å². The molecule has 1 aliphatic rings. The highest BCUT2D eigenvalue weighted by atomic mass is 16.5. The molecule has 2 heterocycles. The number of esters is 1. The second-order valence-corrected chi connectivity index (χ2v) is 6.25. The molecular formula is C22H22N2O5. The van der Waals surface area contributed by atoms with Gasteiger partial charge in [0, 0.05) is 18.0 Å². The maximum Gasteiger partial charge on any atom is 0.338 e. The Bertz CT molecular complexity index is 1010. The van der Waals surface area contributed by atoms with Crippen LogP contribution in [0, 0.1) is 11.3 Å². The zero-order valence-electron chi connectivity index (χ0n) is 16.8. The average Bonchev–Trinajstić information content (AvgIpc) is 3.27. The number of nitriles is 1. The molecule has 2 aromatic rings. The van der Waals surface area contributed by atoms with Crippen LogP contribution in [0.5, 0.6) is 11.5 Å². The molecule has 0 radical (unpaired) electrons. The predicted octanol–water partition coefficient (Wildman–Crippen LogP) is 3.85. The van der Waals surface area contributed by atoms with Crippen LogP contribution in [0.25, 0.3) is 5.88 Å². The van der Waals surface area contributed by atoms with Gasteiger partial charge in [-0.2, -0.15) is 5.26 Å². The Hall–Kier alpha value is -3.66. The lowest BCUT2D eigenvalue weighted by atomic mass is 9.82. The third kappa shape index (κ3) is 3.69. The fraction of sp³-hybridized carbons (Fsp3) is 0.273. The standard InChI is InChI=1S/C22H22N2O5/c1-5-28-22(25)19-14(2)29-21(24-10-6-7-11-24)17(13-23)20(19)16-12-15(26-3)8-9-18(16)27-4/h6-12,20H,5H2,1-4H3/t20-/m0/s1. The molecule has 150 valence electrons. The monoisotopic (exact) mass is 394 g/mol. The number of hydrogen-bond acceptors (Lipinski definition) is 6. The van der Waals surface area contributed by atoms with Gasteiger partial charge in [0.1, 0.15) is 28.9 Å². The number of carbonyl (C=O) groups is 1. The van der Waals surface area contributed by atoms with Crippen molar-refractivity contribution in [2.45, 2.75) is 19.8 Å². The van der Waals surface area contributed by atoms with E-state index in [0.717, 1.165) is 0 Å². The van der Waals surface area contributed by atoms with Crippen molar-refractivity contribution in [3.05, 3.63) is 65.2 Å². The predicted molar refractivity (Wildman–Crippen MR) is 106 cm³/mol. The number of allylic oxidation sites excluding steroid dienone is 2. The van der Waals surface area contributed by atoms with Crippen LogP contribution in [-0.4, -0.2) is 31.4 Å². The van der Waals surface area contributed by atoms with E-state index in [9.17, 15) is 10.1 Å². The molecule has 0 bridgehead atoms. The molecule has 0 spiro atoms. The minimum absolute atomic E-state index is 0.202. The van der Waals surface area contributed by atoms with Crippen molar-refractivity contribution in [3.8, 4) is 17.6 Å². The SMILES string of the molecule is CCOC(=O)C1=C(C)OC(n2cccc2)=C(C#N)[C@@H]1c1cc(OC)ccc1OC. The maximum absolute atomic E-state index is 12.8. The number of methoxy groups -OCH3 is 2. The summed E-state index contributed by atoms with van der Waals surface area (Å²) in [5, 5.41) is 10.0. The van der Waals surface area contributed by atoms with Crippen molar-refractivity contribution in [1.82, 2.24) is 4.57 Å². The first-order valence-electron chi connectivity index (χ1n) is 9.10. The number of benzene rings is 1. The lowest BCUT2D eigenvalue weighted by molar-refractivity contribution is -0.139. The van der Waals surface area contributed by atoms with Crippen molar-refractivity contribution in [1.29, 1.82) is 5.26 Å². The highest BCUT2D eigenvalue weighted by Gasteiger charge is 2.39. The van der Waals surface area contributed by atoms with Crippen LogP contribution in [0.15, 0.2) is 59.6 Å². The number of aromatic nitrogens is 1. The Kier molecular flexibility index (Phi) is 5.93. The summed E-state index contributed by atoms with van der Waals surface area (Å²) in [4.78, 5) is 12.8. The van der Waals surface area contributed by atoms with Crippen LogP contribution in [0.3, 0.4) is 0 Å². The molecule has 0 fully saturated rings. The summed E-state index contributed by atoms with van der Waals surface area (Å²) in [6.45, 7) is 3.61. The van der Waals surface area contributed by atoms with Crippen LogP contribution in [-0.2, 0) is 14.3 Å². The van der Waals surface area contributed by atoms with E-state index < -0.39 is 11.9 Å². The van der Waals surface area contributed by atoms with Gasteiger partial charge in [0.05, 0.1) is 32.3 Å². The van der Waals surface area contributed by atoms with Gasteiger partial charge < -0.3 is 18.9 Å². The Morgan fingerprint density at radius 2 is 1.97 bits per heavy atom.